The van der Waals surface area contributed by atoms with E-state index in [1.165, 1.54) is 18.5 Å². The van der Waals surface area contributed by atoms with Gasteiger partial charge in [-0.15, -0.1) is 0 Å². The number of aromatic nitrogens is 1. The maximum atomic E-state index is 13.7. The van der Waals surface area contributed by atoms with Crippen LogP contribution in [0.2, 0.25) is 0 Å². The van der Waals surface area contributed by atoms with Crippen molar-refractivity contribution in [2.75, 3.05) is 60.9 Å². The number of nitrogens with one attached hydrogen (secondary N) is 3. The van der Waals surface area contributed by atoms with Gasteiger partial charge in [-0.2, -0.15) is 0 Å². The molecule has 10 rings (SSSR count). The van der Waals surface area contributed by atoms with Crippen LogP contribution in [0.1, 0.15) is 101 Å². The predicted octanol–water partition coefficient (Wildman–Crippen LogP) is 8.15. The number of nitrogens with zero attached hydrogens (tertiary/aromatic N) is 4. The smallest absolute Gasteiger partial charge is 0.355 e. The number of benzene rings is 3. The highest BCUT2D eigenvalue weighted by molar-refractivity contribution is 8.00. The summed E-state index contributed by atoms with van der Waals surface area (Å²) in [5.41, 5.74) is 13.6. The number of piperazine rings is 1. The Morgan fingerprint density at radius 3 is 2.55 bits per heavy atom. The van der Waals surface area contributed by atoms with E-state index in [2.05, 4.69) is 55.4 Å². The largest absolute Gasteiger partial charge is 0.489 e. The highest BCUT2D eigenvalue weighted by atomic mass is 32.2. The number of carbonyl (C=O) groups excluding carboxylic acids is 3. The Hall–Kier alpha value is -6.56. The Labute approximate surface area is 407 Å². The van der Waals surface area contributed by atoms with Crippen molar-refractivity contribution in [2.24, 2.45) is 11.8 Å². The molecule has 2 amide bonds. The molecule has 0 bridgehead atoms. The molecule has 3 fully saturated rings. The van der Waals surface area contributed by atoms with Gasteiger partial charge in [0.2, 0.25) is 5.91 Å². The third kappa shape index (κ3) is 10.3. The lowest BCUT2D eigenvalue weighted by Crippen LogP contribution is -2.46. The number of ether oxygens (including phenoxy) is 1. The summed E-state index contributed by atoms with van der Waals surface area (Å²) in [6.07, 6.45) is 10.7. The summed E-state index contributed by atoms with van der Waals surface area (Å²) in [5, 5.41) is 19.9. The molecule has 69 heavy (non-hydrogen) atoms. The number of amides is 2. The van der Waals surface area contributed by atoms with E-state index in [0.717, 1.165) is 97.5 Å². The Morgan fingerprint density at radius 1 is 0.957 bits per heavy atom. The van der Waals surface area contributed by atoms with Gasteiger partial charge >= 0.3 is 5.97 Å². The van der Waals surface area contributed by atoms with Crippen LogP contribution < -0.4 is 25.8 Å². The summed E-state index contributed by atoms with van der Waals surface area (Å²) >= 11 is 1.57. The van der Waals surface area contributed by atoms with Crippen molar-refractivity contribution >= 4 is 58.6 Å². The topological polar surface area (TPSA) is 156 Å². The van der Waals surface area contributed by atoms with Gasteiger partial charge in [0.15, 0.2) is 11.2 Å². The second kappa shape index (κ2) is 20.6. The van der Waals surface area contributed by atoms with Crippen LogP contribution in [0, 0.1) is 11.8 Å². The summed E-state index contributed by atoms with van der Waals surface area (Å²) in [7, 11) is 0. The number of aldehydes is 1. The van der Waals surface area contributed by atoms with Crippen LogP contribution in [-0.2, 0) is 27.3 Å². The van der Waals surface area contributed by atoms with Crippen LogP contribution in [0.15, 0.2) is 113 Å². The fourth-order valence-electron chi connectivity index (χ4n) is 10.8. The lowest BCUT2D eigenvalue weighted by molar-refractivity contribution is -0.125. The molecule has 2 saturated heterocycles. The number of thioether (sulfide) groups is 1. The zero-order chi connectivity index (χ0) is 47.4. The Kier molecular flexibility index (Phi) is 13.8. The van der Waals surface area contributed by atoms with Gasteiger partial charge in [-0.3, -0.25) is 14.5 Å². The van der Waals surface area contributed by atoms with Crippen LogP contribution in [0.5, 0.6) is 0 Å². The first kappa shape index (κ1) is 46.2. The summed E-state index contributed by atoms with van der Waals surface area (Å²) in [5.74, 6) is 0.233. The van der Waals surface area contributed by atoms with Crippen molar-refractivity contribution in [3.8, 4) is 0 Å². The number of rotatable bonds is 14. The Bertz CT molecular complexity index is 2740. The van der Waals surface area contributed by atoms with Crippen molar-refractivity contribution in [3.05, 3.63) is 141 Å². The summed E-state index contributed by atoms with van der Waals surface area (Å²) in [6.45, 7) is 8.54. The Morgan fingerprint density at radius 2 is 1.77 bits per heavy atom. The van der Waals surface area contributed by atoms with Crippen LogP contribution in [0.4, 0.5) is 17.2 Å². The number of anilines is 3. The molecule has 4 aromatic rings. The SMILES string of the molecule is CC1=C(OC2CCC(CCCN3CCN(c4ccc(C5CC(C=O)CNC5=O)cc4)CC3)CC2)C=C=C=C1c1ccc(N2CCc3cccc(C(=O)NC4Nc5ccccc5S4)c3C2)nc1C(=O)O. The average Bonchev–Trinajstić information content (AvgIpc) is 3.80. The number of hydrogen-bond acceptors (Lipinski definition) is 11. The molecule has 1 aromatic heterocycles. The highest BCUT2D eigenvalue weighted by Gasteiger charge is 2.32. The minimum Gasteiger partial charge on any atom is -0.489 e. The second-order valence-corrected chi connectivity index (χ2v) is 20.3. The van der Waals surface area contributed by atoms with Gasteiger partial charge in [-0.25, -0.2) is 9.78 Å². The lowest BCUT2D eigenvalue weighted by Gasteiger charge is -2.36. The quantitative estimate of drug-likeness (QED) is 0.0712. The molecule has 14 heteroatoms. The van der Waals surface area contributed by atoms with Crippen LogP contribution in [0.3, 0.4) is 0 Å². The molecule has 6 aliphatic rings. The van der Waals surface area contributed by atoms with Crippen molar-refractivity contribution < 1.29 is 29.0 Å². The van der Waals surface area contributed by atoms with Crippen molar-refractivity contribution in [3.63, 3.8) is 0 Å². The van der Waals surface area contributed by atoms with Gasteiger partial charge in [0.25, 0.3) is 5.91 Å². The number of carbonyl (C=O) groups is 4. The lowest BCUT2D eigenvalue weighted by atomic mass is 9.84. The Balaban J connectivity index is 0.694. The van der Waals surface area contributed by atoms with Crippen LogP contribution in [0.25, 0.3) is 5.57 Å². The van der Waals surface area contributed by atoms with E-state index in [4.69, 9.17) is 9.72 Å². The van der Waals surface area contributed by atoms with Gasteiger partial charge in [-0.1, -0.05) is 59.6 Å². The molecule has 356 valence electrons. The maximum Gasteiger partial charge on any atom is 0.355 e. The van der Waals surface area contributed by atoms with Gasteiger partial charge in [0, 0.05) is 90.7 Å². The molecule has 2 aliphatic carbocycles. The fraction of sp³-hybridized carbons (Fsp3) is 0.400. The molecule has 4 aliphatic heterocycles. The summed E-state index contributed by atoms with van der Waals surface area (Å²) in [6, 6.07) is 25.8. The first-order chi connectivity index (χ1) is 33.7. The maximum absolute atomic E-state index is 13.7. The number of allylic oxidation sites excluding steroid dienone is 3. The van der Waals surface area contributed by atoms with Gasteiger partial charge in [0.1, 0.15) is 17.9 Å². The molecule has 1 saturated carbocycles. The minimum atomic E-state index is -1.13. The van der Waals surface area contributed by atoms with Crippen LogP contribution >= 0.6 is 11.8 Å². The molecule has 0 spiro atoms. The summed E-state index contributed by atoms with van der Waals surface area (Å²) in [4.78, 5) is 63.2. The molecule has 3 unspecified atom stereocenters. The van der Waals surface area contributed by atoms with E-state index >= 15 is 0 Å². The van der Waals surface area contributed by atoms with E-state index in [0.29, 0.717) is 66.7 Å². The number of fused-ring (bicyclic) bond motifs is 2. The molecule has 3 aromatic carbocycles. The van der Waals surface area contributed by atoms with Crippen molar-refractivity contribution in [1.29, 1.82) is 0 Å². The van der Waals surface area contributed by atoms with Crippen LogP contribution in [-0.4, -0.2) is 96.5 Å². The second-order valence-electron chi connectivity index (χ2n) is 19.1. The molecular formula is C55H59N7O6S. The monoisotopic (exact) mass is 945 g/mol. The zero-order valence-corrected chi connectivity index (χ0v) is 39.9. The van der Waals surface area contributed by atoms with Crippen molar-refractivity contribution in [1.82, 2.24) is 20.5 Å². The highest BCUT2D eigenvalue weighted by Crippen LogP contribution is 2.38. The fourth-order valence-corrected chi connectivity index (χ4v) is 11.8. The third-order valence-electron chi connectivity index (χ3n) is 14.8. The zero-order valence-electron chi connectivity index (χ0n) is 39.0. The predicted molar refractivity (Wildman–Crippen MR) is 268 cm³/mol. The number of para-hydroxylation sites is 1. The van der Waals surface area contributed by atoms with E-state index in [-0.39, 0.29) is 40.9 Å². The van der Waals surface area contributed by atoms with E-state index < -0.39 is 5.97 Å². The molecule has 4 N–H and O–H groups in total. The number of piperidine rings is 1. The molecule has 3 atom stereocenters. The molecule has 0 radical (unpaired) electrons. The standard InChI is InChI=1S/C55H59N7O6S/c1-35-42(43-22-23-50(58-51(43)54(66)67)62-26-24-38-8-4-10-44(46(38)33-62)53(65)59-55-57-47-11-2-3-13-49(47)69-55)9-5-12-48(35)68-41-20-14-36(15-21-41)7-6-25-60-27-29-61(30-28-60)40-18-16-39(17-19-40)45-31-37(34-63)32-56-52(45)64/h2-4,8,10-13,16-19,22-23,34,36-37,41,45,55,57H,6-7,14-15,20-21,24-33H2,1H3,(H,56,64)(H,59,65)(H,66,67). The molecule has 5 heterocycles. The average molecular weight is 946 g/mol. The normalized spacial score (nSPS) is 23.3. The van der Waals surface area contributed by atoms with Gasteiger partial charge < -0.3 is 40.4 Å². The third-order valence-corrected chi connectivity index (χ3v) is 15.9. The van der Waals surface area contributed by atoms with E-state index in [1.54, 1.807) is 11.8 Å². The molecular weight excluding hydrogens is 887 g/mol. The van der Waals surface area contributed by atoms with Crippen molar-refractivity contribution in [2.45, 2.75) is 87.3 Å². The van der Waals surface area contributed by atoms with Gasteiger partial charge in [0.05, 0.1) is 17.7 Å². The number of aromatic carboxylic acids is 1. The minimum absolute atomic E-state index is 0.00591. The van der Waals surface area contributed by atoms with E-state index in [1.807, 2.05) is 78.6 Å². The summed E-state index contributed by atoms with van der Waals surface area (Å²) < 4.78 is 6.63. The number of carboxylic acids is 1. The first-order valence-electron chi connectivity index (χ1n) is 24.5. The number of hydrogen-bond donors (Lipinski definition) is 4. The number of carboxylic acid groups (broad SMARTS) is 1. The number of pyridine rings is 1. The van der Waals surface area contributed by atoms with E-state index in [9.17, 15) is 24.3 Å². The first-order valence-corrected chi connectivity index (χ1v) is 25.4. The molecule has 13 nitrogen and oxygen atoms in total. The van der Waals surface area contributed by atoms with Gasteiger partial charge in [-0.05, 0) is 130 Å².